The minimum Gasteiger partial charge on any atom is -0.494 e. The van der Waals surface area contributed by atoms with E-state index in [-0.39, 0.29) is 5.91 Å². The van der Waals surface area contributed by atoms with Crippen LogP contribution in [0.2, 0.25) is 0 Å². The SMILES string of the molecule is CCCOc1ccc(C(=O)Nc2ccc(-c3nn4c(CCC)nnc4s3)cc2)cc1. The van der Waals surface area contributed by atoms with Crippen molar-refractivity contribution in [1.29, 1.82) is 0 Å². The van der Waals surface area contributed by atoms with E-state index in [1.807, 2.05) is 40.9 Å². The number of amides is 1. The van der Waals surface area contributed by atoms with Gasteiger partial charge >= 0.3 is 0 Å². The standard InChI is InChI=1S/C22H23N5O2S/c1-3-5-19-24-25-22-27(19)26-21(30-22)16-6-10-17(11-7-16)23-20(28)15-8-12-18(13-9-15)29-14-4-2/h6-13H,3-5,14H2,1-2H3,(H,23,28). The van der Waals surface area contributed by atoms with Gasteiger partial charge in [0.15, 0.2) is 5.82 Å². The van der Waals surface area contributed by atoms with Gasteiger partial charge in [-0.15, -0.1) is 10.2 Å². The number of nitrogens with one attached hydrogen (secondary N) is 1. The van der Waals surface area contributed by atoms with E-state index in [1.165, 1.54) is 11.3 Å². The van der Waals surface area contributed by atoms with E-state index in [1.54, 1.807) is 12.1 Å². The van der Waals surface area contributed by atoms with Crippen molar-refractivity contribution < 1.29 is 9.53 Å². The zero-order chi connectivity index (χ0) is 20.9. The van der Waals surface area contributed by atoms with Gasteiger partial charge < -0.3 is 10.1 Å². The van der Waals surface area contributed by atoms with Crippen molar-refractivity contribution >= 4 is 27.9 Å². The average molecular weight is 422 g/mol. The Labute approximate surface area is 178 Å². The van der Waals surface area contributed by atoms with Crippen LogP contribution in [0, 0.1) is 0 Å². The monoisotopic (exact) mass is 421 g/mol. The van der Waals surface area contributed by atoms with Gasteiger partial charge in [-0.25, -0.2) is 0 Å². The fraction of sp³-hybridized carbons (Fsp3) is 0.273. The Morgan fingerprint density at radius 1 is 1.03 bits per heavy atom. The van der Waals surface area contributed by atoms with Crippen LogP contribution in [0.4, 0.5) is 5.69 Å². The Morgan fingerprint density at radius 2 is 1.80 bits per heavy atom. The average Bonchev–Trinajstić information content (AvgIpc) is 3.35. The smallest absolute Gasteiger partial charge is 0.255 e. The molecule has 0 atom stereocenters. The number of carbonyl (C=O) groups excluding carboxylic acids is 1. The van der Waals surface area contributed by atoms with Crippen molar-refractivity contribution in [3.8, 4) is 16.3 Å². The van der Waals surface area contributed by atoms with Gasteiger partial charge in [-0.1, -0.05) is 25.2 Å². The summed E-state index contributed by atoms with van der Waals surface area (Å²) >= 11 is 1.50. The Kier molecular flexibility index (Phi) is 6.04. The Bertz CT molecular complexity index is 1130. The summed E-state index contributed by atoms with van der Waals surface area (Å²) in [5.74, 6) is 1.49. The maximum atomic E-state index is 12.5. The molecule has 4 aromatic rings. The molecule has 7 nitrogen and oxygen atoms in total. The van der Waals surface area contributed by atoms with Gasteiger partial charge in [-0.2, -0.15) is 9.61 Å². The molecule has 2 aromatic heterocycles. The highest BCUT2D eigenvalue weighted by molar-refractivity contribution is 7.19. The van der Waals surface area contributed by atoms with Crippen LogP contribution in [-0.4, -0.2) is 32.3 Å². The fourth-order valence-corrected chi connectivity index (χ4v) is 3.84. The molecule has 0 saturated carbocycles. The third kappa shape index (κ3) is 4.33. The molecule has 2 aromatic carbocycles. The molecule has 0 saturated heterocycles. The zero-order valence-corrected chi connectivity index (χ0v) is 17.8. The number of aryl methyl sites for hydroxylation is 1. The summed E-state index contributed by atoms with van der Waals surface area (Å²) in [6.45, 7) is 4.83. The molecule has 0 bridgehead atoms. The van der Waals surface area contributed by atoms with Gasteiger partial charge in [-0.3, -0.25) is 4.79 Å². The lowest BCUT2D eigenvalue weighted by atomic mass is 10.2. The van der Waals surface area contributed by atoms with Crippen LogP contribution >= 0.6 is 11.3 Å². The van der Waals surface area contributed by atoms with E-state index in [9.17, 15) is 4.79 Å². The molecular formula is C22H23N5O2S. The minimum absolute atomic E-state index is 0.159. The van der Waals surface area contributed by atoms with Crippen molar-refractivity contribution in [2.24, 2.45) is 0 Å². The number of anilines is 1. The molecule has 0 aliphatic carbocycles. The number of fused-ring (bicyclic) bond motifs is 1. The van der Waals surface area contributed by atoms with Crippen molar-refractivity contribution in [3.05, 3.63) is 59.9 Å². The van der Waals surface area contributed by atoms with E-state index >= 15 is 0 Å². The summed E-state index contributed by atoms with van der Waals surface area (Å²) in [5.41, 5.74) is 2.29. The second kappa shape index (κ2) is 9.04. The normalized spacial score (nSPS) is 11.0. The summed E-state index contributed by atoms with van der Waals surface area (Å²) < 4.78 is 7.37. The van der Waals surface area contributed by atoms with Gasteiger partial charge in [-0.05, 0) is 61.4 Å². The number of hydrogen-bond acceptors (Lipinski definition) is 6. The van der Waals surface area contributed by atoms with Crippen LogP contribution in [0.3, 0.4) is 0 Å². The van der Waals surface area contributed by atoms with Crippen molar-refractivity contribution in [3.63, 3.8) is 0 Å². The van der Waals surface area contributed by atoms with Crippen LogP contribution in [-0.2, 0) is 6.42 Å². The lowest BCUT2D eigenvalue weighted by molar-refractivity contribution is 0.102. The van der Waals surface area contributed by atoms with Gasteiger partial charge in [0.2, 0.25) is 4.96 Å². The maximum absolute atomic E-state index is 12.5. The van der Waals surface area contributed by atoms with Crippen LogP contribution in [0.25, 0.3) is 15.5 Å². The van der Waals surface area contributed by atoms with Gasteiger partial charge in [0.1, 0.15) is 10.8 Å². The quantitative estimate of drug-likeness (QED) is 0.440. The molecular weight excluding hydrogens is 398 g/mol. The largest absolute Gasteiger partial charge is 0.494 e. The molecule has 2 heterocycles. The van der Waals surface area contributed by atoms with Crippen LogP contribution < -0.4 is 10.1 Å². The molecule has 4 rings (SSSR count). The van der Waals surface area contributed by atoms with Crippen molar-refractivity contribution in [2.45, 2.75) is 33.1 Å². The number of rotatable bonds is 8. The Morgan fingerprint density at radius 3 is 2.50 bits per heavy atom. The molecule has 0 radical (unpaired) electrons. The maximum Gasteiger partial charge on any atom is 0.255 e. The van der Waals surface area contributed by atoms with Crippen LogP contribution in [0.5, 0.6) is 5.75 Å². The molecule has 0 unspecified atom stereocenters. The van der Waals surface area contributed by atoms with E-state index in [0.29, 0.717) is 12.2 Å². The molecule has 30 heavy (non-hydrogen) atoms. The third-order valence-electron chi connectivity index (χ3n) is 4.51. The minimum atomic E-state index is -0.159. The van der Waals surface area contributed by atoms with E-state index < -0.39 is 0 Å². The second-order valence-electron chi connectivity index (χ2n) is 6.87. The lowest BCUT2D eigenvalue weighted by Crippen LogP contribution is -2.11. The number of benzene rings is 2. The number of aromatic nitrogens is 4. The topological polar surface area (TPSA) is 81.4 Å². The van der Waals surface area contributed by atoms with Crippen molar-refractivity contribution in [1.82, 2.24) is 19.8 Å². The highest BCUT2D eigenvalue weighted by Gasteiger charge is 2.13. The van der Waals surface area contributed by atoms with Gasteiger partial charge in [0.05, 0.1) is 6.61 Å². The lowest BCUT2D eigenvalue weighted by Gasteiger charge is -2.08. The first kappa shape index (κ1) is 20.0. The van der Waals surface area contributed by atoms with Gasteiger partial charge in [0, 0.05) is 23.2 Å². The second-order valence-corrected chi connectivity index (χ2v) is 7.83. The Balaban J connectivity index is 1.44. The van der Waals surface area contributed by atoms with Crippen LogP contribution in [0.1, 0.15) is 42.9 Å². The number of hydrogen-bond donors (Lipinski definition) is 1. The predicted molar refractivity (Wildman–Crippen MR) is 118 cm³/mol. The third-order valence-corrected chi connectivity index (χ3v) is 5.46. The van der Waals surface area contributed by atoms with E-state index in [0.717, 1.165) is 52.1 Å². The highest BCUT2D eigenvalue weighted by atomic mass is 32.1. The van der Waals surface area contributed by atoms with E-state index in [4.69, 9.17) is 4.74 Å². The molecule has 8 heteroatoms. The molecule has 0 fully saturated rings. The molecule has 0 aliphatic rings. The molecule has 1 amide bonds. The first-order chi connectivity index (χ1) is 14.7. The summed E-state index contributed by atoms with van der Waals surface area (Å²) in [6, 6.07) is 14.8. The first-order valence-corrected chi connectivity index (χ1v) is 10.9. The molecule has 1 N–H and O–H groups in total. The molecule has 154 valence electrons. The Hall–Kier alpha value is -3.26. The van der Waals surface area contributed by atoms with E-state index in [2.05, 4.69) is 34.5 Å². The summed E-state index contributed by atoms with van der Waals surface area (Å²) in [7, 11) is 0. The summed E-state index contributed by atoms with van der Waals surface area (Å²) in [5, 5.41) is 16.8. The summed E-state index contributed by atoms with van der Waals surface area (Å²) in [6.07, 6.45) is 2.79. The van der Waals surface area contributed by atoms with Crippen molar-refractivity contribution in [2.75, 3.05) is 11.9 Å². The van der Waals surface area contributed by atoms with Crippen LogP contribution in [0.15, 0.2) is 48.5 Å². The molecule has 0 spiro atoms. The number of nitrogens with zero attached hydrogens (tertiary/aromatic N) is 4. The fourth-order valence-electron chi connectivity index (χ4n) is 2.98. The highest BCUT2D eigenvalue weighted by Crippen LogP contribution is 2.27. The summed E-state index contributed by atoms with van der Waals surface area (Å²) in [4.78, 5) is 13.3. The zero-order valence-electron chi connectivity index (χ0n) is 17.0. The first-order valence-electron chi connectivity index (χ1n) is 10.0. The number of ether oxygens (including phenoxy) is 1. The number of carbonyl (C=O) groups is 1. The van der Waals surface area contributed by atoms with Gasteiger partial charge in [0.25, 0.3) is 5.91 Å². The molecule has 0 aliphatic heterocycles. The predicted octanol–water partition coefficient (Wildman–Crippen LogP) is 4.85.